The van der Waals surface area contributed by atoms with Crippen molar-refractivity contribution in [2.24, 2.45) is 5.73 Å². The molecule has 0 aliphatic heterocycles. The van der Waals surface area contributed by atoms with Gasteiger partial charge in [0, 0.05) is 7.11 Å². The molecule has 0 aromatic rings. The minimum absolute atomic E-state index is 0.748. The van der Waals surface area contributed by atoms with E-state index >= 15 is 0 Å². The summed E-state index contributed by atoms with van der Waals surface area (Å²) in [4.78, 5) is 10.1. The Kier molecular flexibility index (Phi) is 3.16. The minimum Gasteiger partial charge on any atom is -0.378 e. The summed E-state index contributed by atoms with van der Waals surface area (Å²) in [7, 11) is 1.32. The maximum atomic E-state index is 12.3. The van der Waals surface area contributed by atoms with E-state index in [2.05, 4.69) is 10.5 Å². The third-order valence-electron chi connectivity index (χ3n) is 1.06. The number of alkyl halides is 1. The SMILES string of the molecule is COC(C)C(F)C(N)=O. The number of hydrogen-bond donors (Lipinski definition) is 1. The van der Waals surface area contributed by atoms with E-state index < -0.39 is 18.2 Å². The molecule has 0 radical (unpaired) electrons. The van der Waals surface area contributed by atoms with Crippen molar-refractivity contribution in [3.63, 3.8) is 0 Å². The Hall–Kier alpha value is -0.640. The number of rotatable bonds is 3. The first-order valence-electron chi connectivity index (χ1n) is 2.55. The molecule has 54 valence electrons. The summed E-state index contributed by atoms with van der Waals surface area (Å²) >= 11 is 0. The molecule has 0 rings (SSSR count). The summed E-state index contributed by atoms with van der Waals surface area (Å²) in [5, 5.41) is 0. The quantitative estimate of drug-likeness (QED) is 0.584. The monoisotopic (exact) mass is 135 g/mol. The average molecular weight is 135 g/mol. The molecule has 2 unspecified atom stereocenters. The molecule has 0 bridgehead atoms. The first kappa shape index (κ1) is 8.36. The van der Waals surface area contributed by atoms with Crippen molar-refractivity contribution in [3.8, 4) is 0 Å². The van der Waals surface area contributed by atoms with Gasteiger partial charge in [0.05, 0.1) is 6.10 Å². The molecule has 0 aliphatic carbocycles. The molecule has 2 atom stereocenters. The summed E-state index contributed by atoms with van der Waals surface area (Å²) in [5.41, 5.74) is 4.62. The van der Waals surface area contributed by atoms with Crippen molar-refractivity contribution < 1.29 is 13.9 Å². The molecule has 0 spiro atoms. The molecule has 0 saturated carbocycles. The first-order chi connectivity index (χ1) is 4.09. The predicted octanol–water partition coefficient (Wildman–Crippen LogP) is -0.155. The number of carbonyl (C=O) groups excluding carboxylic acids is 1. The zero-order valence-electron chi connectivity index (χ0n) is 5.43. The molecule has 4 heteroatoms. The molecule has 2 N–H and O–H groups in total. The van der Waals surface area contributed by atoms with Crippen LogP contribution < -0.4 is 5.73 Å². The molecular weight excluding hydrogens is 125 g/mol. The number of ether oxygens (including phenoxy) is 1. The van der Waals surface area contributed by atoms with Gasteiger partial charge in [0.1, 0.15) is 0 Å². The van der Waals surface area contributed by atoms with Gasteiger partial charge in [-0.1, -0.05) is 0 Å². The number of halogens is 1. The lowest BCUT2D eigenvalue weighted by atomic mass is 10.2. The molecular formula is C5H10FNO2. The maximum Gasteiger partial charge on any atom is 0.254 e. The van der Waals surface area contributed by atoms with Gasteiger partial charge in [-0.05, 0) is 6.92 Å². The second-order valence-electron chi connectivity index (χ2n) is 1.74. The Bertz CT molecular complexity index is 107. The van der Waals surface area contributed by atoms with Crippen LogP contribution in [0.5, 0.6) is 0 Å². The van der Waals surface area contributed by atoms with E-state index in [1.807, 2.05) is 0 Å². The highest BCUT2D eigenvalue weighted by atomic mass is 19.1. The topological polar surface area (TPSA) is 52.3 Å². The standard InChI is InChI=1S/C5H10FNO2/c1-3(9-2)4(6)5(7)8/h3-4H,1-2H3,(H2,7,8). The van der Waals surface area contributed by atoms with Crippen LogP contribution in [0.4, 0.5) is 4.39 Å². The smallest absolute Gasteiger partial charge is 0.254 e. The molecule has 9 heavy (non-hydrogen) atoms. The van der Waals surface area contributed by atoms with Crippen molar-refractivity contribution in [3.05, 3.63) is 0 Å². The van der Waals surface area contributed by atoms with E-state index in [1.54, 1.807) is 0 Å². The Labute approximate surface area is 53.0 Å². The van der Waals surface area contributed by atoms with Crippen molar-refractivity contribution in [1.82, 2.24) is 0 Å². The van der Waals surface area contributed by atoms with Crippen LogP contribution in [0, 0.1) is 0 Å². The fraction of sp³-hybridized carbons (Fsp3) is 0.800. The van der Waals surface area contributed by atoms with Gasteiger partial charge >= 0.3 is 0 Å². The lowest BCUT2D eigenvalue weighted by Gasteiger charge is -2.10. The van der Waals surface area contributed by atoms with E-state index in [0.29, 0.717) is 0 Å². The number of primary amides is 1. The van der Waals surface area contributed by atoms with E-state index in [0.717, 1.165) is 0 Å². The van der Waals surface area contributed by atoms with Crippen LogP contribution in [0.25, 0.3) is 0 Å². The third-order valence-corrected chi connectivity index (χ3v) is 1.06. The summed E-state index contributed by atoms with van der Waals surface area (Å²) in [5.74, 6) is -0.982. The highest BCUT2D eigenvalue weighted by molar-refractivity contribution is 5.79. The van der Waals surface area contributed by atoms with Crippen LogP contribution in [0.1, 0.15) is 6.92 Å². The second kappa shape index (κ2) is 3.40. The van der Waals surface area contributed by atoms with E-state index in [9.17, 15) is 9.18 Å². The van der Waals surface area contributed by atoms with E-state index in [1.165, 1.54) is 14.0 Å². The Morgan fingerprint density at radius 2 is 2.22 bits per heavy atom. The van der Waals surface area contributed by atoms with Gasteiger partial charge in [0.15, 0.2) is 0 Å². The van der Waals surface area contributed by atoms with Gasteiger partial charge in [-0.2, -0.15) is 0 Å². The van der Waals surface area contributed by atoms with Gasteiger partial charge in [0.2, 0.25) is 6.17 Å². The number of methoxy groups -OCH3 is 1. The van der Waals surface area contributed by atoms with Crippen LogP contribution in [-0.4, -0.2) is 25.3 Å². The van der Waals surface area contributed by atoms with Crippen molar-refractivity contribution >= 4 is 5.91 Å². The summed E-state index contributed by atoms with van der Waals surface area (Å²) in [6, 6.07) is 0. The van der Waals surface area contributed by atoms with Crippen LogP contribution in [0.2, 0.25) is 0 Å². The van der Waals surface area contributed by atoms with Gasteiger partial charge in [0.25, 0.3) is 5.91 Å². The molecule has 0 fully saturated rings. The van der Waals surface area contributed by atoms with Crippen LogP contribution in [-0.2, 0) is 9.53 Å². The Morgan fingerprint density at radius 1 is 1.78 bits per heavy atom. The van der Waals surface area contributed by atoms with Crippen molar-refractivity contribution in [2.45, 2.75) is 19.2 Å². The first-order valence-corrected chi connectivity index (χ1v) is 2.55. The zero-order valence-corrected chi connectivity index (χ0v) is 5.43. The highest BCUT2D eigenvalue weighted by Crippen LogP contribution is 1.99. The van der Waals surface area contributed by atoms with Crippen molar-refractivity contribution in [2.75, 3.05) is 7.11 Å². The lowest BCUT2D eigenvalue weighted by molar-refractivity contribution is -0.127. The fourth-order valence-electron chi connectivity index (χ4n) is 0.351. The lowest BCUT2D eigenvalue weighted by Crippen LogP contribution is -2.34. The van der Waals surface area contributed by atoms with Gasteiger partial charge in [-0.25, -0.2) is 4.39 Å². The van der Waals surface area contributed by atoms with Crippen molar-refractivity contribution in [1.29, 1.82) is 0 Å². The maximum absolute atomic E-state index is 12.3. The normalized spacial score (nSPS) is 16.8. The molecule has 0 aliphatic rings. The number of hydrogen-bond acceptors (Lipinski definition) is 2. The third kappa shape index (κ3) is 2.41. The Balaban J connectivity index is 3.72. The zero-order chi connectivity index (χ0) is 7.44. The average Bonchev–Trinajstić information content (AvgIpc) is 1.84. The van der Waals surface area contributed by atoms with Gasteiger partial charge in [-0.3, -0.25) is 4.79 Å². The predicted molar refractivity (Wildman–Crippen MR) is 30.6 cm³/mol. The fourth-order valence-corrected chi connectivity index (χ4v) is 0.351. The van der Waals surface area contributed by atoms with E-state index in [-0.39, 0.29) is 0 Å². The van der Waals surface area contributed by atoms with Gasteiger partial charge < -0.3 is 10.5 Å². The molecule has 3 nitrogen and oxygen atoms in total. The summed E-state index contributed by atoms with van der Waals surface area (Å²) in [6.45, 7) is 1.44. The van der Waals surface area contributed by atoms with Crippen LogP contribution in [0.15, 0.2) is 0 Å². The number of nitrogens with two attached hydrogens (primary N) is 1. The molecule has 1 amide bonds. The van der Waals surface area contributed by atoms with E-state index in [4.69, 9.17) is 0 Å². The molecule has 0 aromatic carbocycles. The van der Waals surface area contributed by atoms with Crippen LogP contribution in [0.3, 0.4) is 0 Å². The molecule has 0 heterocycles. The van der Waals surface area contributed by atoms with Crippen LogP contribution >= 0.6 is 0 Å². The second-order valence-corrected chi connectivity index (χ2v) is 1.74. The summed E-state index contributed by atoms with van der Waals surface area (Å²) < 4.78 is 16.8. The largest absolute Gasteiger partial charge is 0.378 e. The molecule has 0 saturated heterocycles. The highest BCUT2D eigenvalue weighted by Gasteiger charge is 2.20. The molecule has 0 aromatic heterocycles. The number of amides is 1. The van der Waals surface area contributed by atoms with Gasteiger partial charge in [-0.15, -0.1) is 0 Å². The summed E-state index contributed by atoms with van der Waals surface area (Å²) in [6.07, 6.45) is -2.45. The minimum atomic E-state index is -1.70. The number of carbonyl (C=O) groups is 1. The Morgan fingerprint density at radius 3 is 2.33 bits per heavy atom.